The molecular weight excluding hydrogens is 212 g/mol. The molecule has 1 aliphatic carbocycles. The number of nitrogens with one attached hydrogen (secondary N) is 2. The normalized spacial score (nSPS) is 21.3. The standard InChI is InChI=1S/C14H24N2O/c17-14(11-13-3-1-2-4-13)16-10-7-12-5-8-15-9-6-12/h5,13,15H,1-4,6-11H2,(H,16,17). The highest BCUT2D eigenvalue weighted by Gasteiger charge is 2.18. The maximum absolute atomic E-state index is 11.7. The Morgan fingerprint density at radius 2 is 2.24 bits per heavy atom. The quantitative estimate of drug-likeness (QED) is 0.717. The Morgan fingerprint density at radius 3 is 2.94 bits per heavy atom. The van der Waals surface area contributed by atoms with Crippen LogP contribution in [0.4, 0.5) is 0 Å². The van der Waals surface area contributed by atoms with Crippen LogP contribution in [0, 0.1) is 5.92 Å². The lowest BCUT2D eigenvalue weighted by atomic mass is 10.0. The molecular formula is C14H24N2O. The summed E-state index contributed by atoms with van der Waals surface area (Å²) in [6, 6.07) is 0. The minimum Gasteiger partial charge on any atom is -0.356 e. The third kappa shape index (κ3) is 4.50. The molecule has 2 rings (SSSR count). The first-order valence-electron chi connectivity index (χ1n) is 7.00. The largest absolute Gasteiger partial charge is 0.356 e. The minimum atomic E-state index is 0.256. The number of hydrogen-bond acceptors (Lipinski definition) is 2. The van der Waals surface area contributed by atoms with E-state index in [0.717, 1.165) is 38.9 Å². The molecule has 0 spiro atoms. The molecule has 3 heteroatoms. The van der Waals surface area contributed by atoms with Gasteiger partial charge >= 0.3 is 0 Å². The van der Waals surface area contributed by atoms with Crippen LogP contribution >= 0.6 is 0 Å². The van der Waals surface area contributed by atoms with Gasteiger partial charge in [0.15, 0.2) is 0 Å². The fourth-order valence-corrected chi connectivity index (χ4v) is 2.81. The van der Waals surface area contributed by atoms with Gasteiger partial charge in [0.05, 0.1) is 0 Å². The van der Waals surface area contributed by atoms with E-state index >= 15 is 0 Å². The van der Waals surface area contributed by atoms with Gasteiger partial charge in [0.25, 0.3) is 0 Å². The Morgan fingerprint density at radius 1 is 1.41 bits per heavy atom. The van der Waals surface area contributed by atoms with Crippen molar-refractivity contribution < 1.29 is 4.79 Å². The summed E-state index contributed by atoms with van der Waals surface area (Å²) in [6.45, 7) is 2.89. The number of rotatable bonds is 5. The van der Waals surface area contributed by atoms with Crippen LogP contribution in [-0.2, 0) is 4.79 Å². The average molecular weight is 236 g/mol. The molecule has 96 valence electrons. The van der Waals surface area contributed by atoms with Crippen molar-refractivity contribution in [2.24, 2.45) is 5.92 Å². The monoisotopic (exact) mass is 236 g/mol. The van der Waals surface area contributed by atoms with E-state index in [9.17, 15) is 4.79 Å². The second-order valence-electron chi connectivity index (χ2n) is 5.27. The second kappa shape index (κ2) is 6.80. The number of hydrogen-bond donors (Lipinski definition) is 2. The number of amides is 1. The van der Waals surface area contributed by atoms with Crippen molar-refractivity contribution in [1.82, 2.24) is 10.6 Å². The van der Waals surface area contributed by atoms with E-state index < -0.39 is 0 Å². The molecule has 3 nitrogen and oxygen atoms in total. The first-order chi connectivity index (χ1) is 8.34. The lowest BCUT2D eigenvalue weighted by Crippen LogP contribution is -2.27. The van der Waals surface area contributed by atoms with Crippen molar-refractivity contribution in [3.63, 3.8) is 0 Å². The molecule has 0 aromatic carbocycles. The second-order valence-corrected chi connectivity index (χ2v) is 5.27. The van der Waals surface area contributed by atoms with E-state index in [-0.39, 0.29) is 5.91 Å². The zero-order chi connectivity index (χ0) is 11.9. The van der Waals surface area contributed by atoms with Gasteiger partial charge < -0.3 is 10.6 Å². The van der Waals surface area contributed by atoms with Crippen molar-refractivity contribution in [2.75, 3.05) is 19.6 Å². The molecule has 0 saturated heterocycles. The summed E-state index contributed by atoms with van der Waals surface area (Å²) in [5.74, 6) is 0.916. The van der Waals surface area contributed by atoms with Crippen LogP contribution in [-0.4, -0.2) is 25.5 Å². The Labute approximate surface area is 104 Å². The summed E-state index contributed by atoms with van der Waals surface area (Å²) in [6.07, 6.45) is 10.3. The van der Waals surface area contributed by atoms with Crippen molar-refractivity contribution in [1.29, 1.82) is 0 Å². The SMILES string of the molecule is O=C(CC1CCCC1)NCCC1=CCNCC1. The topological polar surface area (TPSA) is 41.1 Å². The predicted octanol–water partition coefficient (Wildman–Crippen LogP) is 1.99. The molecule has 0 radical (unpaired) electrons. The van der Waals surface area contributed by atoms with Gasteiger partial charge in [-0.15, -0.1) is 0 Å². The Bertz CT molecular complexity index is 280. The van der Waals surface area contributed by atoms with Crippen molar-refractivity contribution >= 4 is 5.91 Å². The van der Waals surface area contributed by atoms with Gasteiger partial charge in [-0.05, 0) is 38.1 Å². The molecule has 0 atom stereocenters. The van der Waals surface area contributed by atoms with E-state index in [2.05, 4.69) is 16.7 Å². The van der Waals surface area contributed by atoms with Gasteiger partial charge in [0.1, 0.15) is 0 Å². The molecule has 1 fully saturated rings. The molecule has 0 unspecified atom stereocenters. The Balaban J connectivity index is 1.57. The highest BCUT2D eigenvalue weighted by atomic mass is 16.1. The van der Waals surface area contributed by atoms with E-state index in [1.165, 1.54) is 31.3 Å². The lowest BCUT2D eigenvalue weighted by molar-refractivity contribution is -0.121. The van der Waals surface area contributed by atoms with Gasteiger partial charge in [-0.25, -0.2) is 0 Å². The van der Waals surface area contributed by atoms with E-state index in [1.807, 2.05) is 0 Å². The molecule has 1 aliphatic heterocycles. The molecule has 2 aliphatic rings. The minimum absolute atomic E-state index is 0.256. The van der Waals surface area contributed by atoms with Crippen LogP contribution in [0.2, 0.25) is 0 Å². The highest BCUT2D eigenvalue weighted by molar-refractivity contribution is 5.76. The van der Waals surface area contributed by atoms with E-state index in [4.69, 9.17) is 0 Å². The maximum Gasteiger partial charge on any atom is 0.220 e. The van der Waals surface area contributed by atoms with Gasteiger partial charge in [-0.2, -0.15) is 0 Å². The van der Waals surface area contributed by atoms with Crippen LogP contribution in [0.25, 0.3) is 0 Å². The summed E-state index contributed by atoms with van der Waals surface area (Å²) in [7, 11) is 0. The van der Waals surface area contributed by atoms with Crippen molar-refractivity contribution in [3.8, 4) is 0 Å². The van der Waals surface area contributed by atoms with E-state index in [1.54, 1.807) is 0 Å². The van der Waals surface area contributed by atoms with Gasteiger partial charge in [-0.3, -0.25) is 4.79 Å². The van der Waals surface area contributed by atoms with Crippen LogP contribution in [0.5, 0.6) is 0 Å². The smallest absolute Gasteiger partial charge is 0.220 e. The van der Waals surface area contributed by atoms with E-state index in [0.29, 0.717) is 5.92 Å². The summed E-state index contributed by atoms with van der Waals surface area (Å²) >= 11 is 0. The zero-order valence-electron chi connectivity index (χ0n) is 10.6. The fourth-order valence-electron chi connectivity index (χ4n) is 2.81. The number of carbonyl (C=O) groups excluding carboxylic acids is 1. The molecule has 17 heavy (non-hydrogen) atoms. The molecule has 1 saturated carbocycles. The molecule has 0 aromatic heterocycles. The number of carbonyl (C=O) groups is 1. The molecule has 2 N–H and O–H groups in total. The van der Waals surface area contributed by atoms with Crippen LogP contribution in [0.3, 0.4) is 0 Å². The first kappa shape index (κ1) is 12.6. The molecule has 0 bridgehead atoms. The average Bonchev–Trinajstić information content (AvgIpc) is 2.83. The summed E-state index contributed by atoms with van der Waals surface area (Å²) in [5.41, 5.74) is 1.49. The van der Waals surface area contributed by atoms with Crippen LogP contribution in [0.1, 0.15) is 44.9 Å². The zero-order valence-corrected chi connectivity index (χ0v) is 10.6. The summed E-state index contributed by atoms with van der Waals surface area (Å²) in [4.78, 5) is 11.7. The van der Waals surface area contributed by atoms with Crippen LogP contribution in [0.15, 0.2) is 11.6 Å². The molecule has 1 amide bonds. The Hall–Kier alpha value is -0.830. The van der Waals surface area contributed by atoms with Crippen LogP contribution < -0.4 is 10.6 Å². The van der Waals surface area contributed by atoms with Crippen molar-refractivity contribution in [3.05, 3.63) is 11.6 Å². The fraction of sp³-hybridized carbons (Fsp3) is 0.786. The first-order valence-corrected chi connectivity index (χ1v) is 7.00. The molecule has 1 heterocycles. The lowest BCUT2D eigenvalue weighted by Gasteiger charge is -2.14. The highest BCUT2D eigenvalue weighted by Crippen LogP contribution is 2.27. The Kier molecular flexibility index (Phi) is 5.05. The van der Waals surface area contributed by atoms with Gasteiger partial charge in [-0.1, -0.05) is 24.5 Å². The van der Waals surface area contributed by atoms with Crippen molar-refractivity contribution in [2.45, 2.75) is 44.9 Å². The third-order valence-electron chi connectivity index (χ3n) is 3.88. The van der Waals surface area contributed by atoms with Gasteiger partial charge in [0.2, 0.25) is 5.91 Å². The summed E-state index contributed by atoms with van der Waals surface area (Å²) < 4.78 is 0. The van der Waals surface area contributed by atoms with Gasteiger partial charge in [0, 0.05) is 19.5 Å². The third-order valence-corrected chi connectivity index (χ3v) is 3.88. The molecule has 0 aromatic rings. The predicted molar refractivity (Wildman–Crippen MR) is 69.8 cm³/mol. The summed E-state index contributed by atoms with van der Waals surface area (Å²) in [5, 5.41) is 6.36. The maximum atomic E-state index is 11.7.